The summed E-state index contributed by atoms with van der Waals surface area (Å²) in [4.78, 5) is 10.7. The molecule has 1 aromatic carbocycles. The summed E-state index contributed by atoms with van der Waals surface area (Å²) >= 11 is 0. The summed E-state index contributed by atoms with van der Waals surface area (Å²) in [6, 6.07) is 4.03. The highest BCUT2D eigenvalue weighted by atomic mass is 16.5. The highest BCUT2D eigenvalue weighted by molar-refractivity contribution is 5.91. The van der Waals surface area contributed by atoms with E-state index in [-0.39, 0.29) is 0 Å². The van der Waals surface area contributed by atoms with Gasteiger partial charge in [-0.25, -0.2) is 4.79 Å². The highest BCUT2D eigenvalue weighted by Crippen LogP contribution is 2.36. The number of hydrogen-bond acceptors (Lipinski definition) is 2. The molecule has 0 fully saturated rings. The summed E-state index contributed by atoms with van der Waals surface area (Å²) in [7, 11) is 0. The van der Waals surface area contributed by atoms with Gasteiger partial charge in [0, 0.05) is 18.1 Å². The number of aryl methyl sites for hydroxylation is 2. The average molecular weight is 218 g/mol. The van der Waals surface area contributed by atoms with Crippen molar-refractivity contribution in [3.8, 4) is 5.75 Å². The van der Waals surface area contributed by atoms with Crippen molar-refractivity contribution in [3.63, 3.8) is 0 Å². The van der Waals surface area contributed by atoms with Crippen LogP contribution in [0.4, 0.5) is 0 Å². The van der Waals surface area contributed by atoms with Crippen LogP contribution in [-0.2, 0) is 4.79 Å². The van der Waals surface area contributed by atoms with E-state index in [1.165, 1.54) is 6.08 Å². The molecule has 1 heterocycles. The van der Waals surface area contributed by atoms with Crippen molar-refractivity contribution < 1.29 is 14.6 Å². The molecule has 3 nitrogen and oxygen atoms in total. The summed E-state index contributed by atoms with van der Waals surface area (Å²) in [6.45, 7) is 4.53. The van der Waals surface area contributed by atoms with E-state index in [0.29, 0.717) is 13.0 Å². The SMILES string of the molecule is Cc1cc(C)c2c(c1)/C(=C/C(=O)O)CCO2. The number of carboxylic acid groups (broad SMARTS) is 1. The smallest absolute Gasteiger partial charge is 0.328 e. The first-order valence-electron chi connectivity index (χ1n) is 5.26. The van der Waals surface area contributed by atoms with Gasteiger partial charge >= 0.3 is 5.97 Å². The Hall–Kier alpha value is -1.77. The number of rotatable bonds is 1. The van der Waals surface area contributed by atoms with E-state index in [2.05, 4.69) is 0 Å². The number of carboxylic acids is 1. The summed E-state index contributed by atoms with van der Waals surface area (Å²) in [6.07, 6.45) is 1.93. The van der Waals surface area contributed by atoms with Gasteiger partial charge in [0.15, 0.2) is 0 Å². The minimum absolute atomic E-state index is 0.552. The van der Waals surface area contributed by atoms with E-state index in [1.807, 2.05) is 26.0 Å². The molecule has 1 aliphatic heterocycles. The molecule has 0 bridgehead atoms. The van der Waals surface area contributed by atoms with Gasteiger partial charge in [0.25, 0.3) is 0 Å². The van der Waals surface area contributed by atoms with Crippen molar-refractivity contribution >= 4 is 11.5 Å². The summed E-state index contributed by atoms with van der Waals surface area (Å²) in [5.41, 5.74) is 3.95. The zero-order valence-electron chi connectivity index (χ0n) is 9.41. The Balaban J connectivity index is 2.58. The maximum absolute atomic E-state index is 10.7. The molecule has 0 unspecified atom stereocenters. The summed E-state index contributed by atoms with van der Waals surface area (Å²) in [5.74, 6) is -0.0774. The normalized spacial score (nSPS) is 16.8. The molecular formula is C13H14O3. The van der Waals surface area contributed by atoms with Gasteiger partial charge in [0.1, 0.15) is 5.75 Å². The molecule has 0 saturated heterocycles. The van der Waals surface area contributed by atoms with Crippen molar-refractivity contribution in [2.24, 2.45) is 0 Å². The van der Waals surface area contributed by atoms with Gasteiger partial charge < -0.3 is 9.84 Å². The first-order chi connectivity index (χ1) is 7.58. The second-order valence-corrected chi connectivity index (χ2v) is 4.06. The molecule has 0 radical (unpaired) electrons. The minimum atomic E-state index is -0.901. The quantitative estimate of drug-likeness (QED) is 0.737. The number of hydrogen-bond donors (Lipinski definition) is 1. The Bertz CT molecular complexity index is 472. The predicted molar refractivity (Wildman–Crippen MR) is 61.6 cm³/mol. The molecule has 0 saturated carbocycles. The number of carbonyl (C=O) groups is 1. The van der Waals surface area contributed by atoms with E-state index in [0.717, 1.165) is 28.0 Å². The lowest BCUT2D eigenvalue weighted by molar-refractivity contribution is -0.131. The third kappa shape index (κ3) is 1.94. The third-order valence-electron chi connectivity index (χ3n) is 2.68. The molecule has 2 rings (SSSR count). The Morgan fingerprint density at radius 1 is 1.44 bits per heavy atom. The summed E-state index contributed by atoms with van der Waals surface area (Å²) < 4.78 is 5.59. The van der Waals surface area contributed by atoms with Crippen molar-refractivity contribution in [2.45, 2.75) is 20.3 Å². The molecule has 0 aromatic heterocycles. The van der Waals surface area contributed by atoms with Crippen LogP contribution in [0, 0.1) is 13.8 Å². The number of benzene rings is 1. The first-order valence-corrected chi connectivity index (χ1v) is 5.26. The molecule has 3 heteroatoms. The second kappa shape index (κ2) is 4.00. The lowest BCUT2D eigenvalue weighted by atomic mass is 9.95. The fourth-order valence-corrected chi connectivity index (χ4v) is 2.08. The van der Waals surface area contributed by atoms with Gasteiger partial charge in [-0.2, -0.15) is 0 Å². The van der Waals surface area contributed by atoms with E-state index in [1.54, 1.807) is 0 Å². The van der Waals surface area contributed by atoms with Crippen LogP contribution in [0.15, 0.2) is 18.2 Å². The van der Waals surface area contributed by atoms with Crippen LogP contribution in [0.25, 0.3) is 5.57 Å². The zero-order chi connectivity index (χ0) is 11.7. The Labute approximate surface area is 94.4 Å². The number of fused-ring (bicyclic) bond motifs is 1. The monoisotopic (exact) mass is 218 g/mol. The van der Waals surface area contributed by atoms with E-state index in [9.17, 15) is 4.79 Å². The average Bonchev–Trinajstić information content (AvgIpc) is 2.18. The fraction of sp³-hybridized carbons (Fsp3) is 0.308. The molecule has 0 amide bonds. The Kier molecular flexibility index (Phi) is 2.69. The third-order valence-corrected chi connectivity index (χ3v) is 2.68. The second-order valence-electron chi connectivity index (χ2n) is 4.06. The van der Waals surface area contributed by atoms with Crippen molar-refractivity contribution in [1.82, 2.24) is 0 Å². The first kappa shape index (κ1) is 10.7. The van der Waals surface area contributed by atoms with Crippen LogP contribution in [-0.4, -0.2) is 17.7 Å². The van der Waals surface area contributed by atoms with Gasteiger partial charge in [-0.3, -0.25) is 0 Å². The fourth-order valence-electron chi connectivity index (χ4n) is 2.08. The van der Waals surface area contributed by atoms with Crippen molar-refractivity contribution in [3.05, 3.63) is 34.9 Å². The lowest BCUT2D eigenvalue weighted by Crippen LogP contribution is -2.10. The van der Waals surface area contributed by atoms with Crippen LogP contribution in [0.1, 0.15) is 23.1 Å². The Morgan fingerprint density at radius 3 is 2.88 bits per heavy atom. The van der Waals surface area contributed by atoms with Crippen molar-refractivity contribution in [2.75, 3.05) is 6.61 Å². The van der Waals surface area contributed by atoms with Crippen LogP contribution in [0.5, 0.6) is 5.75 Å². The van der Waals surface area contributed by atoms with E-state index >= 15 is 0 Å². The standard InChI is InChI=1S/C13H14O3/c1-8-5-9(2)13-11(6-8)10(3-4-16-13)7-12(14)15/h5-7H,3-4H2,1-2H3,(H,14,15)/b10-7+. The van der Waals surface area contributed by atoms with Gasteiger partial charge in [0.05, 0.1) is 6.61 Å². The molecule has 1 aliphatic rings. The van der Waals surface area contributed by atoms with Crippen LogP contribution >= 0.6 is 0 Å². The van der Waals surface area contributed by atoms with Crippen LogP contribution < -0.4 is 4.74 Å². The number of ether oxygens (including phenoxy) is 1. The lowest BCUT2D eigenvalue weighted by Gasteiger charge is -2.22. The molecule has 1 aromatic rings. The maximum Gasteiger partial charge on any atom is 0.328 e. The molecule has 0 atom stereocenters. The number of aliphatic carboxylic acids is 1. The van der Waals surface area contributed by atoms with Gasteiger partial charge in [-0.15, -0.1) is 0 Å². The molecule has 84 valence electrons. The predicted octanol–water partition coefficient (Wildman–Crippen LogP) is 2.55. The largest absolute Gasteiger partial charge is 0.492 e. The topological polar surface area (TPSA) is 46.5 Å². The van der Waals surface area contributed by atoms with Crippen LogP contribution in [0.3, 0.4) is 0 Å². The molecular weight excluding hydrogens is 204 g/mol. The van der Waals surface area contributed by atoms with Gasteiger partial charge in [-0.05, 0) is 36.6 Å². The summed E-state index contributed by atoms with van der Waals surface area (Å²) in [5, 5.41) is 8.81. The zero-order valence-corrected chi connectivity index (χ0v) is 9.41. The molecule has 0 aliphatic carbocycles. The van der Waals surface area contributed by atoms with E-state index in [4.69, 9.17) is 9.84 Å². The molecule has 1 N–H and O–H groups in total. The van der Waals surface area contributed by atoms with Crippen molar-refractivity contribution in [1.29, 1.82) is 0 Å². The Morgan fingerprint density at radius 2 is 2.19 bits per heavy atom. The van der Waals surface area contributed by atoms with Gasteiger partial charge in [0.2, 0.25) is 0 Å². The van der Waals surface area contributed by atoms with Crippen LogP contribution in [0.2, 0.25) is 0 Å². The van der Waals surface area contributed by atoms with Gasteiger partial charge in [-0.1, -0.05) is 6.07 Å². The van der Waals surface area contributed by atoms with E-state index < -0.39 is 5.97 Å². The molecule has 16 heavy (non-hydrogen) atoms. The molecule has 0 spiro atoms. The minimum Gasteiger partial charge on any atom is -0.492 e. The maximum atomic E-state index is 10.7. The highest BCUT2D eigenvalue weighted by Gasteiger charge is 2.18.